The second-order valence-electron chi connectivity index (χ2n) is 4.26. The van der Waals surface area contributed by atoms with Crippen LogP contribution in [0.1, 0.15) is 28.5 Å². The van der Waals surface area contributed by atoms with Crippen LogP contribution in [0, 0.1) is 6.92 Å². The van der Waals surface area contributed by atoms with Gasteiger partial charge in [-0.25, -0.2) is 0 Å². The number of halogens is 3. The summed E-state index contributed by atoms with van der Waals surface area (Å²) in [6.45, 7) is 1.81. The minimum Gasteiger partial charge on any atom is -0.384 e. The molecular formula is C14H12F3NO. The standard InChI is InChI=1S/C14H12F3NO/c1-9-2-3-11(8-18-9)13(19)10-4-6-12(7-5-10)14(15,16)17/h2-8,13,19H,1H3. The number of aliphatic hydroxyl groups is 1. The Morgan fingerprint density at radius 3 is 2.05 bits per heavy atom. The molecule has 1 unspecified atom stereocenters. The van der Waals surface area contributed by atoms with E-state index in [0.717, 1.165) is 17.8 Å². The van der Waals surface area contributed by atoms with Gasteiger partial charge in [-0.1, -0.05) is 18.2 Å². The maximum atomic E-state index is 12.4. The maximum Gasteiger partial charge on any atom is 0.416 e. The Kier molecular flexibility index (Phi) is 3.57. The molecule has 0 spiro atoms. The molecule has 0 aliphatic carbocycles. The first-order valence-electron chi connectivity index (χ1n) is 5.66. The van der Waals surface area contributed by atoms with Crippen LogP contribution in [-0.4, -0.2) is 10.1 Å². The van der Waals surface area contributed by atoms with Crippen molar-refractivity contribution < 1.29 is 18.3 Å². The van der Waals surface area contributed by atoms with Crippen LogP contribution >= 0.6 is 0 Å². The normalized spacial score (nSPS) is 13.3. The molecule has 0 saturated heterocycles. The van der Waals surface area contributed by atoms with Gasteiger partial charge in [0.25, 0.3) is 0 Å². The molecule has 0 aliphatic heterocycles. The van der Waals surface area contributed by atoms with Crippen LogP contribution in [0.2, 0.25) is 0 Å². The van der Waals surface area contributed by atoms with E-state index in [4.69, 9.17) is 0 Å². The van der Waals surface area contributed by atoms with Crippen molar-refractivity contribution in [3.63, 3.8) is 0 Å². The third-order valence-electron chi connectivity index (χ3n) is 2.80. The quantitative estimate of drug-likeness (QED) is 0.903. The number of aromatic nitrogens is 1. The first-order valence-corrected chi connectivity index (χ1v) is 5.66. The first-order chi connectivity index (χ1) is 8.88. The summed E-state index contributed by atoms with van der Waals surface area (Å²) in [5.74, 6) is 0. The predicted molar refractivity (Wildman–Crippen MR) is 64.5 cm³/mol. The molecule has 1 aromatic carbocycles. The highest BCUT2D eigenvalue weighted by atomic mass is 19.4. The van der Waals surface area contributed by atoms with Crippen molar-refractivity contribution in [3.05, 3.63) is 65.0 Å². The molecule has 5 heteroatoms. The number of benzene rings is 1. The minimum absolute atomic E-state index is 0.402. The molecule has 1 aromatic heterocycles. The second-order valence-corrected chi connectivity index (χ2v) is 4.26. The van der Waals surface area contributed by atoms with Crippen molar-refractivity contribution >= 4 is 0 Å². The molecule has 1 atom stereocenters. The van der Waals surface area contributed by atoms with Crippen molar-refractivity contribution in [2.24, 2.45) is 0 Å². The average Bonchev–Trinajstić information content (AvgIpc) is 2.38. The molecule has 100 valence electrons. The van der Waals surface area contributed by atoms with Gasteiger partial charge in [-0.2, -0.15) is 13.2 Å². The van der Waals surface area contributed by atoms with Gasteiger partial charge in [0.1, 0.15) is 6.10 Å². The fourth-order valence-corrected chi connectivity index (χ4v) is 1.69. The third-order valence-corrected chi connectivity index (χ3v) is 2.80. The lowest BCUT2D eigenvalue weighted by molar-refractivity contribution is -0.137. The Morgan fingerprint density at radius 2 is 1.58 bits per heavy atom. The summed E-state index contributed by atoms with van der Waals surface area (Å²) >= 11 is 0. The number of aliphatic hydroxyl groups excluding tert-OH is 1. The number of hydrogen-bond donors (Lipinski definition) is 1. The van der Waals surface area contributed by atoms with E-state index in [-0.39, 0.29) is 0 Å². The summed E-state index contributed by atoms with van der Waals surface area (Å²) in [5, 5.41) is 10.1. The number of rotatable bonds is 2. The number of hydrogen-bond acceptors (Lipinski definition) is 2. The molecule has 0 fully saturated rings. The van der Waals surface area contributed by atoms with Crippen LogP contribution in [0.25, 0.3) is 0 Å². The van der Waals surface area contributed by atoms with E-state index in [0.29, 0.717) is 11.1 Å². The van der Waals surface area contributed by atoms with Crippen LogP contribution in [0.15, 0.2) is 42.6 Å². The monoisotopic (exact) mass is 267 g/mol. The highest BCUT2D eigenvalue weighted by Crippen LogP contribution is 2.30. The summed E-state index contributed by atoms with van der Waals surface area (Å²) in [6.07, 6.45) is -3.83. The lowest BCUT2D eigenvalue weighted by Crippen LogP contribution is -2.06. The smallest absolute Gasteiger partial charge is 0.384 e. The van der Waals surface area contributed by atoms with Gasteiger partial charge < -0.3 is 5.11 Å². The lowest BCUT2D eigenvalue weighted by Gasteiger charge is -2.13. The number of nitrogens with zero attached hydrogens (tertiary/aromatic N) is 1. The van der Waals surface area contributed by atoms with Gasteiger partial charge in [0.2, 0.25) is 0 Å². The number of pyridine rings is 1. The van der Waals surface area contributed by atoms with Crippen molar-refractivity contribution in [2.75, 3.05) is 0 Å². The third kappa shape index (κ3) is 3.12. The molecule has 0 aliphatic rings. The predicted octanol–water partition coefficient (Wildman–Crippen LogP) is 3.49. The van der Waals surface area contributed by atoms with Gasteiger partial charge in [0.15, 0.2) is 0 Å². The molecule has 0 radical (unpaired) electrons. The molecular weight excluding hydrogens is 255 g/mol. The zero-order valence-corrected chi connectivity index (χ0v) is 10.1. The van der Waals surface area contributed by atoms with Crippen molar-refractivity contribution in [2.45, 2.75) is 19.2 Å². The summed E-state index contributed by atoms with van der Waals surface area (Å²) in [6, 6.07) is 7.90. The molecule has 19 heavy (non-hydrogen) atoms. The average molecular weight is 267 g/mol. The van der Waals surface area contributed by atoms with Gasteiger partial charge >= 0.3 is 6.18 Å². The Bertz CT molecular complexity index is 546. The maximum absolute atomic E-state index is 12.4. The van der Waals surface area contributed by atoms with E-state index in [1.807, 2.05) is 6.92 Å². The summed E-state index contributed by atoms with van der Waals surface area (Å²) < 4.78 is 37.2. The summed E-state index contributed by atoms with van der Waals surface area (Å²) in [4.78, 5) is 4.04. The van der Waals surface area contributed by atoms with Crippen LogP contribution in [0.5, 0.6) is 0 Å². The van der Waals surface area contributed by atoms with Crippen LogP contribution in [-0.2, 0) is 6.18 Å². The molecule has 0 amide bonds. The van der Waals surface area contributed by atoms with Crippen LogP contribution < -0.4 is 0 Å². The van der Waals surface area contributed by atoms with Gasteiger partial charge in [-0.3, -0.25) is 4.98 Å². The highest BCUT2D eigenvalue weighted by molar-refractivity contribution is 5.31. The summed E-state index contributed by atoms with van der Waals surface area (Å²) in [5.41, 5.74) is 1.03. The van der Waals surface area contributed by atoms with Crippen LogP contribution in [0.3, 0.4) is 0 Å². The molecule has 1 N–H and O–H groups in total. The Labute approximate surface area is 108 Å². The highest BCUT2D eigenvalue weighted by Gasteiger charge is 2.30. The number of alkyl halides is 3. The molecule has 2 aromatic rings. The van der Waals surface area contributed by atoms with Crippen molar-refractivity contribution in [3.8, 4) is 0 Å². The second kappa shape index (κ2) is 5.01. The number of aryl methyl sites for hydroxylation is 1. The Hall–Kier alpha value is -1.88. The van der Waals surface area contributed by atoms with Crippen molar-refractivity contribution in [1.29, 1.82) is 0 Å². The topological polar surface area (TPSA) is 33.1 Å². The van der Waals surface area contributed by atoms with Gasteiger partial charge in [-0.05, 0) is 30.7 Å². The van der Waals surface area contributed by atoms with E-state index < -0.39 is 17.8 Å². The molecule has 0 bridgehead atoms. The zero-order valence-electron chi connectivity index (χ0n) is 10.1. The Morgan fingerprint density at radius 1 is 1.00 bits per heavy atom. The largest absolute Gasteiger partial charge is 0.416 e. The van der Waals surface area contributed by atoms with Gasteiger partial charge in [0, 0.05) is 17.5 Å². The fraction of sp³-hybridized carbons (Fsp3) is 0.214. The van der Waals surface area contributed by atoms with E-state index in [1.54, 1.807) is 12.1 Å². The first kappa shape index (κ1) is 13.5. The molecule has 2 rings (SSSR count). The van der Waals surface area contributed by atoms with Gasteiger partial charge in [0.05, 0.1) is 5.56 Å². The molecule has 0 saturated carbocycles. The van der Waals surface area contributed by atoms with E-state index in [1.165, 1.54) is 18.3 Å². The van der Waals surface area contributed by atoms with E-state index in [2.05, 4.69) is 4.98 Å². The lowest BCUT2D eigenvalue weighted by atomic mass is 10.0. The van der Waals surface area contributed by atoms with Crippen molar-refractivity contribution in [1.82, 2.24) is 4.98 Å². The van der Waals surface area contributed by atoms with Gasteiger partial charge in [-0.15, -0.1) is 0 Å². The zero-order chi connectivity index (χ0) is 14.0. The fourth-order valence-electron chi connectivity index (χ4n) is 1.69. The molecule has 1 heterocycles. The minimum atomic E-state index is -4.37. The Balaban J connectivity index is 2.25. The summed E-state index contributed by atoms with van der Waals surface area (Å²) in [7, 11) is 0. The van der Waals surface area contributed by atoms with E-state index >= 15 is 0 Å². The SMILES string of the molecule is Cc1ccc(C(O)c2ccc(C(F)(F)F)cc2)cn1. The molecule has 2 nitrogen and oxygen atoms in total. The van der Waals surface area contributed by atoms with E-state index in [9.17, 15) is 18.3 Å². The van der Waals surface area contributed by atoms with Crippen LogP contribution in [0.4, 0.5) is 13.2 Å².